The Bertz CT molecular complexity index is 1800. The molecule has 0 saturated heterocycles. The van der Waals surface area contributed by atoms with Crippen molar-refractivity contribution in [2.24, 2.45) is 18.9 Å². The molecule has 0 unspecified atom stereocenters. The smallest absolute Gasteiger partial charge is 0.225 e. The lowest BCUT2D eigenvalue weighted by molar-refractivity contribution is -0.632. The van der Waals surface area contributed by atoms with Gasteiger partial charge in [0.1, 0.15) is 5.52 Å². The molecule has 2 aromatic heterocycles. The van der Waals surface area contributed by atoms with E-state index in [9.17, 15) is 0 Å². The molecule has 0 spiro atoms. The second-order valence-electron chi connectivity index (χ2n) is 14.6. The highest BCUT2D eigenvalue weighted by Gasteiger charge is 2.52. The van der Waals surface area contributed by atoms with Gasteiger partial charge < -0.3 is 0 Å². The van der Waals surface area contributed by atoms with Crippen molar-refractivity contribution in [3.05, 3.63) is 82.0 Å². The Morgan fingerprint density at radius 1 is 0.750 bits per heavy atom. The number of rotatable bonds is 5. The number of hydrogen-bond acceptors (Lipinski definition) is 0. The molecular formula is C38H47N2+. The second kappa shape index (κ2) is 8.93. The van der Waals surface area contributed by atoms with E-state index in [2.05, 4.69) is 134 Å². The summed E-state index contributed by atoms with van der Waals surface area (Å²) < 4.78 is 5.21. The Labute approximate surface area is 241 Å². The first-order chi connectivity index (χ1) is 18.8. The number of aromatic nitrogens is 2. The Balaban J connectivity index is 1.87. The maximum atomic E-state index is 2.67. The molecule has 1 aliphatic heterocycles. The van der Waals surface area contributed by atoms with E-state index in [0.717, 1.165) is 12.8 Å². The van der Waals surface area contributed by atoms with Crippen LogP contribution in [0.1, 0.15) is 88.9 Å². The molecule has 3 heterocycles. The minimum absolute atomic E-state index is 0.0458. The molecule has 208 valence electrons. The van der Waals surface area contributed by atoms with E-state index < -0.39 is 0 Å². The van der Waals surface area contributed by atoms with Crippen LogP contribution in [-0.4, -0.2) is 4.40 Å². The monoisotopic (exact) mass is 531 g/mol. The lowest BCUT2D eigenvalue weighted by Crippen LogP contribution is -2.44. The van der Waals surface area contributed by atoms with E-state index in [1.54, 1.807) is 0 Å². The third-order valence-electron chi connectivity index (χ3n) is 10.1. The standard InChI is InChI=1S/C38H47N2/c1-22(2)17-26-19-27(18-23(3)4)21-28(20-26)33-35-38(9,10)37(7,8)30-16-15-25(6)31-29-14-12-13-24(5)32(29)36(39(33)11)40(35)34(30)31/h12-16,19-23H,17-18H2,1-11H3/q+1. The fraction of sp³-hybridized carbons (Fsp3) is 0.447. The Morgan fingerprint density at radius 3 is 1.95 bits per heavy atom. The number of aryl methyl sites for hydroxylation is 3. The number of hydrogen-bond donors (Lipinski definition) is 0. The fourth-order valence-electron chi connectivity index (χ4n) is 7.68. The van der Waals surface area contributed by atoms with E-state index in [0.29, 0.717) is 11.8 Å². The number of nitrogens with zero attached hydrogens (tertiary/aromatic N) is 2. The van der Waals surface area contributed by atoms with Crippen LogP contribution in [0.5, 0.6) is 0 Å². The van der Waals surface area contributed by atoms with Crippen molar-refractivity contribution in [3.8, 4) is 11.3 Å². The van der Waals surface area contributed by atoms with Gasteiger partial charge in [0.2, 0.25) is 0 Å². The molecule has 6 rings (SSSR count). The van der Waals surface area contributed by atoms with Crippen LogP contribution >= 0.6 is 0 Å². The normalized spacial score (nSPS) is 15.9. The maximum absolute atomic E-state index is 2.67. The van der Waals surface area contributed by atoms with Crippen molar-refractivity contribution in [2.75, 3.05) is 0 Å². The van der Waals surface area contributed by atoms with Gasteiger partial charge in [-0.15, -0.1) is 0 Å². The van der Waals surface area contributed by atoms with Crippen LogP contribution < -0.4 is 4.57 Å². The van der Waals surface area contributed by atoms with Crippen LogP contribution in [0.3, 0.4) is 0 Å². The Kier molecular flexibility index (Phi) is 6.04. The average molecular weight is 532 g/mol. The average Bonchev–Trinajstić information content (AvgIpc) is 3.16. The molecular weight excluding hydrogens is 484 g/mol. The molecule has 0 radical (unpaired) electrons. The zero-order chi connectivity index (χ0) is 28.9. The van der Waals surface area contributed by atoms with E-state index in [1.165, 1.54) is 72.1 Å². The topological polar surface area (TPSA) is 8.29 Å². The van der Waals surface area contributed by atoms with E-state index in [4.69, 9.17) is 0 Å². The van der Waals surface area contributed by atoms with Crippen molar-refractivity contribution in [3.63, 3.8) is 0 Å². The van der Waals surface area contributed by atoms with Gasteiger partial charge >= 0.3 is 0 Å². The van der Waals surface area contributed by atoms with E-state index in [-0.39, 0.29) is 10.8 Å². The van der Waals surface area contributed by atoms with Crippen LogP contribution in [0.25, 0.3) is 38.6 Å². The van der Waals surface area contributed by atoms with Gasteiger partial charge in [0, 0.05) is 32.7 Å². The number of pyridine rings is 1. The summed E-state index contributed by atoms with van der Waals surface area (Å²) in [6, 6.07) is 19.1. The molecule has 5 aromatic rings. The van der Waals surface area contributed by atoms with Gasteiger partial charge in [-0.3, -0.25) is 0 Å². The second-order valence-corrected chi connectivity index (χ2v) is 14.6. The van der Waals surface area contributed by atoms with E-state index in [1.807, 2.05) is 0 Å². The first kappa shape index (κ1) is 27.1. The highest BCUT2D eigenvalue weighted by Crippen LogP contribution is 2.53. The summed E-state index contributed by atoms with van der Waals surface area (Å²) >= 11 is 0. The van der Waals surface area contributed by atoms with Gasteiger partial charge in [-0.05, 0) is 72.9 Å². The maximum Gasteiger partial charge on any atom is 0.295 e. The summed E-state index contributed by atoms with van der Waals surface area (Å²) in [5.74, 6) is 1.25. The summed E-state index contributed by atoms with van der Waals surface area (Å²) in [6.07, 6.45) is 2.21. The van der Waals surface area contributed by atoms with Gasteiger partial charge in [0.05, 0.1) is 12.4 Å². The SMILES string of the molecule is Cc1ccc2c3c1c1cccc(C)c1c1n3c(c(-c3cc(CC(C)C)cc(CC(C)C)c3)[n+]1C)C(C)(C)C2(C)C. The number of benzene rings is 3. The Hall–Kier alpha value is -3.13. The van der Waals surface area contributed by atoms with Gasteiger partial charge in [-0.25, -0.2) is 4.57 Å². The first-order valence-electron chi connectivity index (χ1n) is 15.3. The molecule has 0 saturated carbocycles. The molecule has 0 aliphatic carbocycles. The zero-order valence-corrected chi connectivity index (χ0v) is 26.6. The van der Waals surface area contributed by atoms with Crippen molar-refractivity contribution in [1.29, 1.82) is 0 Å². The number of fused-ring (bicyclic) bond motifs is 3. The van der Waals surface area contributed by atoms with Crippen LogP contribution in [0.15, 0.2) is 48.5 Å². The summed E-state index contributed by atoms with van der Waals surface area (Å²) in [6.45, 7) is 23.8. The number of imidazole rings is 1. The lowest BCUT2D eigenvalue weighted by atomic mass is 9.60. The molecule has 40 heavy (non-hydrogen) atoms. The van der Waals surface area contributed by atoms with Crippen LogP contribution in [0.4, 0.5) is 0 Å². The van der Waals surface area contributed by atoms with Gasteiger partial charge in [0.25, 0.3) is 5.65 Å². The highest BCUT2D eigenvalue weighted by molar-refractivity contribution is 6.15. The molecule has 3 aromatic carbocycles. The highest BCUT2D eigenvalue weighted by atomic mass is 15.1. The Morgan fingerprint density at radius 2 is 1.35 bits per heavy atom. The predicted octanol–water partition coefficient (Wildman–Crippen LogP) is 9.32. The molecule has 0 bridgehead atoms. The fourth-order valence-corrected chi connectivity index (χ4v) is 7.68. The first-order valence-corrected chi connectivity index (χ1v) is 15.3. The summed E-state index contributed by atoms with van der Waals surface area (Å²) in [4.78, 5) is 0. The van der Waals surface area contributed by atoms with Gasteiger partial charge in [-0.2, -0.15) is 4.40 Å². The lowest BCUT2D eigenvalue weighted by Gasteiger charge is -2.43. The molecule has 1 aliphatic rings. The van der Waals surface area contributed by atoms with Crippen molar-refractivity contribution >= 4 is 27.3 Å². The van der Waals surface area contributed by atoms with Crippen molar-refractivity contribution in [2.45, 2.75) is 92.9 Å². The van der Waals surface area contributed by atoms with E-state index >= 15 is 0 Å². The van der Waals surface area contributed by atoms with Gasteiger partial charge in [0.15, 0.2) is 11.4 Å². The molecule has 0 fully saturated rings. The molecule has 0 N–H and O–H groups in total. The van der Waals surface area contributed by atoms with Crippen molar-refractivity contribution < 1.29 is 4.57 Å². The molecule has 2 heteroatoms. The van der Waals surface area contributed by atoms with Crippen molar-refractivity contribution in [1.82, 2.24) is 4.40 Å². The summed E-state index contributed by atoms with van der Waals surface area (Å²) in [5.41, 5.74) is 13.8. The molecule has 0 amide bonds. The molecule has 2 nitrogen and oxygen atoms in total. The quantitative estimate of drug-likeness (QED) is 0.158. The van der Waals surface area contributed by atoms with Gasteiger partial charge in [-0.1, -0.05) is 91.8 Å². The summed E-state index contributed by atoms with van der Waals surface area (Å²) in [7, 11) is 2.31. The molecule has 0 atom stereocenters. The zero-order valence-electron chi connectivity index (χ0n) is 26.6. The minimum Gasteiger partial charge on any atom is -0.225 e. The van der Waals surface area contributed by atoms with Crippen LogP contribution in [-0.2, 0) is 30.7 Å². The van der Waals surface area contributed by atoms with Crippen LogP contribution in [0, 0.1) is 25.7 Å². The predicted molar refractivity (Wildman–Crippen MR) is 172 cm³/mol. The third-order valence-corrected chi connectivity index (χ3v) is 10.1. The van der Waals surface area contributed by atoms with Crippen LogP contribution in [0.2, 0.25) is 0 Å². The third kappa shape index (κ3) is 3.64. The summed E-state index contributed by atoms with van der Waals surface area (Å²) in [5, 5.41) is 4.16. The largest absolute Gasteiger partial charge is 0.295 e. The minimum atomic E-state index is -0.0929.